The third-order valence-corrected chi connectivity index (χ3v) is 5.60. The van der Waals surface area contributed by atoms with E-state index in [1.807, 2.05) is 0 Å². The Hall–Kier alpha value is -1.14. The van der Waals surface area contributed by atoms with Gasteiger partial charge in [-0.25, -0.2) is 13.7 Å². The van der Waals surface area contributed by atoms with E-state index in [0.29, 0.717) is 6.66 Å². The summed E-state index contributed by atoms with van der Waals surface area (Å²) in [5.41, 5.74) is 4.49. The Morgan fingerprint density at radius 3 is 2.64 bits per heavy atom. The molecular formula is C10H16N3O10P2-. The molecule has 4 unspecified atom stereocenters. The van der Waals surface area contributed by atoms with E-state index in [1.165, 1.54) is 12.3 Å². The fraction of sp³-hybridized carbons (Fsp3) is 0.600. The quantitative estimate of drug-likeness (QED) is 0.374. The second-order valence-corrected chi connectivity index (χ2v) is 8.60. The largest absolute Gasteiger partial charge is 0.778 e. The number of nitrogens with zero attached hydrogens (tertiary/aromatic N) is 2. The Morgan fingerprint density at radius 1 is 1.44 bits per heavy atom. The number of ether oxygens (including phenoxy) is 1. The van der Waals surface area contributed by atoms with Gasteiger partial charge in [0.25, 0.3) is 0 Å². The lowest BCUT2D eigenvalue weighted by Gasteiger charge is -2.22. The number of aromatic nitrogens is 2. The highest BCUT2D eigenvalue weighted by Crippen LogP contribution is 2.56. The molecule has 1 aliphatic heterocycles. The number of nitrogens with two attached hydrogens (primary N) is 1. The van der Waals surface area contributed by atoms with Gasteiger partial charge >= 0.3 is 13.5 Å². The number of anilines is 1. The molecule has 0 bridgehead atoms. The van der Waals surface area contributed by atoms with Crippen LogP contribution in [-0.2, 0) is 22.7 Å². The van der Waals surface area contributed by atoms with Crippen LogP contribution in [0.15, 0.2) is 17.1 Å². The molecule has 5 N–H and O–H groups in total. The summed E-state index contributed by atoms with van der Waals surface area (Å²) < 4.78 is 36.8. The van der Waals surface area contributed by atoms with E-state index in [4.69, 9.17) is 10.5 Å². The Bertz CT molecular complexity index is 778. The molecule has 1 fully saturated rings. The Labute approximate surface area is 140 Å². The van der Waals surface area contributed by atoms with E-state index in [9.17, 15) is 33.9 Å². The Balaban J connectivity index is 2.08. The number of phosphoric acid groups is 1. The van der Waals surface area contributed by atoms with Crippen LogP contribution in [0.5, 0.6) is 0 Å². The van der Waals surface area contributed by atoms with Crippen molar-refractivity contribution >= 4 is 21.2 Å². The smallest absolute Gasteiger partial charge is 0.477 e. The summed E-state index contributed by atoms with van der Waals surface area (Å²) in [7, 11) is -9.52. The summed E-state index contributed by atoms with van der Waals surface area (Å²) in [4.78, 5) is 35.4. The molecule has 2 heterocycles. The monoisotopic (exact) mass is 400 g/mol. The van der Waals surface area contributed by atoms with E-state index in [1.54, 1.807) is 0 Å². The molecule has 0 aromatic carbocycles. The van der Waals surface area contributed by atoms with E-state index >= 15 is 0 Å². The molecule has 0 amide bonds. The minimum atomic E-state index is -4.97. The second kappa shape index (κ2) is 7.23. The average molecular weight is 400 g/mol. The molecular weight excluding hydrogens is 384 g/mol. The summed E-state index contributed by atoms with van der Waals surface area (Å²) >= 11 is 0. The lowest BCUT2D eigenvalue weighted by molar-refractivity contribution is -0.190. The van der Waals surface area contributed by atoms with Gasteiger partial charge in [0.15, 0.2) is 6.23 Å². The van der Waals surface area contributed by atoms with Crippen molar-refractivity contribution < 1.29 is 42.7 Å². The van der Waals surface area contributed by atoms with Gasteiger partial charge in [-0.05, 0) is 6.07 Å². The van der Waals surface area contributed by atoms with Crippen molar-refractivity contribution in [3.63, 3.8) is 0 Å². The van der Waals surface area contributed by atoms with Crippen LogP contribution < -0.4 is 16.3 Å². The molecule has 25 heavy (non-hydrogen) atoms. The van der Waals surface area contributed by atoms with Gasteiger partial charge < -0.3 is 35.0 Å². The van der Waals surface area contributed by atoms with Crippen molar-refractivity contribution in [1.29, 1.82) is 0 Å². The molecule has 142 valence electrons. The van der Waals surface area contributed by atoms with Crippen molar-refractivity contribution in [3.05, 3.63) is 22.7 Å². The third-order valence-electron chi connectivity index (χ3n) is 3.12. The van der Waals surface area contributed by atoms with Gasteiger partial charge in [-0.15, -0.1) is 0 Å². The number of phosphoric ester groups is 1. The van der Waals surface area contributed by atoms with Gasteiger partial charge in [0, 0.05) is 12.9 Å². The summed E-state index contributed by atoms with van der Waals surface area (Å²) in [6.07, 6.45) is -4.72. The molecule has 1 aromatic heterocycles. The van der Waals surface area contributed by atoms with Crippen molar-refractivity contribution in [2.75, 3.05) is 19.0 Å². The maximum absolute atomic E-state index is 11.8. The van der Waals surface area contributed by atoms with Crippen LogP contribution in [0.3, 0.4) is 0 Å². The number of hydrogen-bond donors (Lipinski definition) is 4. The van der Waals surface area contributed by atoms with Gasteiger partial charge in [0.1, 0.15) is 31.7 Å². The lowest BCUT2D eigenvalue weighted by atomic mass is 10.1. The fourth-order valence-electron chi connectivity index (χ4n) is 2.09. The molecule has 0 aliphatic carbocycles. The maximum Gasteiger partial charge on any atom is 0.477 e. The SMILES string of the molecule is CP(=O)([O-])OP(=O)(O)OC[C@H]1O[C@@H](n2ccc(N)nc2=O)C(O)C1O. The predicted octanol–water partition coefficient (Wildman–Crippen LogP) is -2.24. The number of nitrogen functional groups attached to an aromatic ring is 1. The number of rotatable bonds is 6. The van der Waals surface area contributed by atoms with Gasteiger partial charge in [-0.1, -0.05) is 0 Å². The summed E-state index contributed by atoms with van der Waals surface area (Å²) in [6.45, 7) is -0.222. The molecule has 0 spiro atoms. The highest BCUT2D eigenvalue weighted by molar-refractivity contribution is 7.62. The highest BCUT2D eigenvalue weighted by Gasteiger charge is 2.45. The Morgan fingerprint density at radius 2 is 2.08 bits per heavy atom. The maximum atomic E-state index is 11.8. The van der Waals surface area contributed by atoms with Crippen molar-refractivity contribution in [3.8, 4) is 0 Å². The average Bonchev–Trinajstić information content (AvgIpc) is 2.71. The summed E-state index contributed by atoms with van der Waals surface area (Å²) in [5, 5.41) is 19.9. The van der Waals surface area contributed by atoms with Crippen LogP contribution in [0.2, 0.25) is 0 Å². The summed E-state index contributed by atoms with van der Waals surface area (Å²) in [5.74, 6) is -0.0610. The number of aliphatic hydroxyl groups is 2. The zero-order valence-corrected chi connectivity index (χ0v) is 14.5. The van der Waals surface area contributed by atoms with Crippen LogP contribution in [0.4, 0.5) is 5.82 Å². The third kappa shape index (κ3) is 5.17. The van der Waals surface area contributed by atoms with E-state index in [0.717, 1.165) is 4.57 Å². The van der Waals surface area contributed by atoms with Crippen molar-refractivity contribution in [2.24, 2.45) is 0 Å². The molecule has 1 saturated heterocycles. The molecule has 0 radical (unpaired) electrons. The second-order valence-electron chi connectivity index (χ2n) is 5.21. The predicted molar refractivity (Wildman–Crippen MR) is 79.2 cm³/mol. The van der Waals surface area contributed by atoms with E-state index in [-0.39, 0.29) is 5.82 Å². The van der Waals surface area contributed by atoms with Crippen LogP contribution in [0.1, 0.15) is 6.23 Å². The summed E-state index contributed by atoms with van der Waals surface area (Å²) in [6, 6.07) is 1.26. The minimum absolute atomic E-state index is 0.0610. The van der Waals surface area contributed by atoms with Crippen LogP contribution in [-0.4, -0.2) is 56.2 Å². The molecule has 2 rings (SSSR count). The van der Waals surface area contributed by atoms with Crippen molar-refractivity contribution in [2.45, 2.75) is 24.5 Å². The molecule has 13 nitrogen and oxygen atoms in total. The molecule has 0 saturated carbocycles. The first-order valence-electron chi connectivity index (χ1n) is 6.73. The van der Waals surface area contributed by atoms with E-state index in [2.05, 4.69) is 13.8 Å². The van der Waals surface area contributed by atoms with Gasteiger partial charge in [-0.2, -0.15) is 4.98 Å². The van der Waals surface area contributed by atoms with E-state index < -0.39 is 52.3 Å². The topological polar surface area (TPSA) is 206 Å². The zero-order valence-electron chi connectivity index (χ0n) is 12.7. The standard InChI is InChI=1S/C10H17N3O10P2/c1-24(17,18)23-25(19,20)21-4-5-7(14)8(15)9(22-5)13-3-2-6(11)12-10(13)16/h2-3,5,7-9,14-15H,4H2,1H3,(H,17,18)(H,19,20)(H2,11,12,16)/p-1/t5-,7?,8?,9-/m1/s1. The van der Waals surface area contributed by atoms with Crippen molar-refractivity contribution in [1.82, 2.24) is 9.55 Å². The normalized spacial score (nSPS) is 31.4. The number of aliphatic hydroxyl groups excluding tert-OH is 2. The van der Waals surface area contributed by atoms with Crippen LogP contribution in [0, 0.1) is 0 Å². The molecule has 15 heteroatoms. The molecule has 6 atom stereocenters. The first-order chi connectivity index (χ1) is 11.4. The Kier molecular flexibility index (Phi) is 5.84. The fourth-order valence-corrected chi connectivity index (χ4v) is 4.12. The first kappa shape index (κ1) is 20.2. The minimum Gasteiger partial charge on any atom is -0.778 e. The van der Waals surface area contributed by atoms with Crippen LogP contribution in [0.25, 0.3) is 0 Å². The number of hydrogen-bond acceptors (Lipinski definition) is 11. The van der Waals surface area contributed by atoms with Gasteiger partial charge in [0.2, 0.25) is 0 Å². The first-order valence-corrected chi connectivity index (χ1v) is 10.2. The van der Waals surface area contributed by atoms with Crippen LogP contribution >= 0.6 is 15.4 Å². The van der Waals surface area contributed by atoms with Gasteiger partial charge in [-0.3, -0.25) is 9.09 Å². The molecule has 1 aliphatic rings. The molecule has 1 aromatic rings. The van der Waals surface area contributed by atoms with Gasteiger partial charge in [0.05, 0.1) is 6.61 Å². The highest BCUT2D eigenvalue weighted by atomic mass is 31.3. The zero-order chi connectivity index (χ0) is 19.0. The lowest BCUT2D eigenvalue weighted by Crippen LogP contribution is -2.36.